The first kappa shape index (κ1) is 14.6. The molecule has 0 atom stereocenters. The van der Waals surface area contributed by atoms with Crippen molar-refractivity contribution in [2.24, 2.45) is 10.9 Å². The molecule has 0 amide bonds. The standard InChI is InChI=1S/C16H19Cl2N/c1-4-12(10(2)11-8-9-11)16(19-3)15-13(17)6-5-7-14(15)18/h5-7,11H,4,8-9H2,1-3H3/b12-10+,19-16+. The first-order valence-corrected chi connectivity index (χ1v) is 7.46. The zero-order valence-corrected chi connectivity index (χ0v) is 13.1. The molecule has 1 saturated carbocycles. The van der Waals surface area contributed by atoms with Crippen molar-refractivity contribution in [2.75, 3.05) is 7.05 Å². The van der Waals surface area contributed by atoms with Gasteiger partial charge in [0, 0.05) is 12.6 Å². The molecule has 0 unspecified atom stereocenters. The highest BCUT2D eigenvalue weighted by Gasteiger charge is 2.27. The molecule has 0 spiro atoms. The van der Waals surface area contributed by atoms with Crippen molar-refractivity contribution < 1.29 is 0 Å². The van der Waals surface area contributed by atoms with Gasteiger partial charge in [-0.1, -0.05) is 41.8 Å². The van der Waals surface area contributed by atoms with E-state index in [0.29, 0.717) is 10.0 Å². The van der Waals surface area contributed by atoms with Crippen LogP contribution in [0.2, 0.25) is 10.0 Å². The molecular formula is C16H19Cl2N. The Kier molecular flexibility index (Phi) is 4.70. The van der Waals surface area contributed by atoms with Gasteiger partial charge in [-0.25, -0.2) is 0 Å². The summed E-state index contributed by atoms with van der Waals surface area (Å²) < 4.78 is 0. The Morgan fingerprint density at radius 1 is 1.26 bits per heavy atom. The van der Waals surface area contributed by atoms with E-state index >= 15 is 0 Å². The van der Waals surface area contributed by atoms with Gasteiger partial charge < -0.3 is 0 Å². The van der Waals surface area contributed by atoms with Crippen LogP contribution in [0.3, 0.4) is 0 Å². The summed E-state index contributed by atoms with van der Waals surface area (Å²) in [6.45, 7) is 4.38. The third-order valence-corrected chi connectivity index (χ3v) is 4.36. The fourth-order valence-corrected chi connectivity index (χ4v) is 3.09. The van der Waals surface area contributed by atoms with Gasteiger partial charge in [0.15, 0.2) is 0 Å². The van der Waals surface area contributed by atoms with E-state index in [0.717, 1.165) is 23.6 Å². The zero-order chi connectivity index (χ0) is 14.0. The Balaban J connectivity index is 2.54. The van der Waals surface area contributed by atoms with E-state index in [9.17, 15) is 0 Å². The van der Waals surface area contributed by atoms with E-state index in [2.05, 4.69) is 18.8 Å². The van der Waals surface area contributed by atoms with Gasteiger partial charge in [-0.2, -0.15) is 0 Å². The molecule has 0 heterocycles. The highest BCUT2D eigenvalue weighted by Crippen LogP contribution is 2.40. The fraction of sp³-hybridized carbons (Fsp3) is 0.438. The van der Waals surface area contributed by atoms with Crippen molar-refractivity contribution in [1.82, 2.24) is 0 Å². The summed E-state index contributed by atoms with van der Waals surface area (Å²) in [5.41, 5.74) is 4.55. The van der Waals surface area contributed by atoms with Crippen LogP contribution in [0.4, 0.5) is 0 Å². The summed E-state index contributed by atoms with van der Waals surface area (Å²) in [7, 11) is 1.81. The van der Waals surface area contributed by atoms with Gasteiger partial charge in [0.1, 0.15) is 0 Å². The van der Waals surface area contributed by atoms with Gasteiger partial charge in [0.2, 0.25) is 0 Å². The van der Waals surface area contributed by atoms with Crippen molar-refractivity contribution >= 4 is 28.9 Å². The number of halogens is 2. The lowest BCUT2D eigenvalue weighted by Crippen LogP contribution is -2.09. The Hall–Kier alpha value is -0.790. The molecule has 3 heteroatoms. The molecule has 102 valence electrons. The van der Waals surface area contributed by atoms with Crippen molar-refractivity contribution in [3.63, 3.8) is 0 Å². The molecule has 19 heavy (non-hydrogen) atoms. The molecule has 2 rings (SSSR count). The number of aliphatic imine (C=N–C) groups is 1. The summed E-state index contributed by atoms with van der Waals surface area (Å²) in [6, 6.07) is 5.60. The number of benzene rings is 1. The number of hydrogen-bond acceptors (Lipinski definition) is 1. The van der Waals surface area contributed by atoms with Crippen molar-refractivity contribution in [1.29, 1.82) is 0 Å². The van der Waals surface area contributed by atoms with Crippen molar-refractivity contribution in [3.8, 4) is 0 Å². The molecule has 1 aliphatic rings. The molecule has 1 fully saturated rings. The highest BCUT2D eigenvalue weighted by atomic mass is 35.5. The van der Waals surface area contributed by atoms with Crippen LogP contribution in [0.25, 0.3) is 0 Å². The van der Waals surface area contributed by atoms with Gasteiger partial charge >= 0.3 is 0 Å². The van der Waals surface area contributed by atoms with Gasteiger partial charge in [0.25, 0.3) is 0 Å². The molecule has 1 nitrogen and oxygen atoms in total. The average Bonchev–Trinajstić information content (AvgIpc) is 3.21. The molecule has 1 aliphatic carbocycles. The largest absolute Gasteiger partial charge is 0.288 e. The molecule has 1 aromatic rings. The minimum Gasteiger partial charge on any atom is -0.288 e. The molecule has 1 aromatic carbocycles. The topological polar surface area (TPSA) is 12.4 Å². The van der Waals surface area contributed by atoms with Crippen LogP contribution < -0.4 is 0 Å². The Labute approximate surface area is 125 Å². The number of nitrogens with zero attached hydrogens (tertiary/aromatic N) is 1. The van der Waals surface area contributed by atoms with Crippen molar-refractivity contribution in [2.45, 2.75) is 33.1 Å². The van der Waals surface area contributed by atoms with Gasteiger partial charge in [-0.15, -0.1) is 0 Å². The van der Waals surface area contributed by atoms with Crippen LogP contribution in [0, 0.1) is 5.92 Å². The monoisotopic (exact) mass is 295 g/mol. The number of rotatable bonds is 4. The lowest BCUT2D eigenvalue weighted by Gasteiger charge is -2.15. The third kappa shape index (κ3) is 3.04. The number of allylic oxidation sites excluding steroid dienone is 2. The quantitative estimate of drug-likeness (QED) is 0.646. The normalized spacial score (nSPS) is 17.4. The van der Waals surface area contributed by atoms with Crippen LogP contribution in [0.5, 0.6) is 0 Å². The average molecular weight is 296 g/mol. The van der Waals surface area contributed by atoms with Crippen LogP contribution in [-0.2, 0) is 0 Å². The first-order chi connectivity index (χ1) is 9.10. The minimum absolute atomic E-state index is 0.669. The van der Waals surface area contributed by atoms with Gasteiger partial charge in [0.05, 0.1) is 15.8 Å². The van der Waals surface area contributed by atoms with Crippen LogP contribution >= 0.6 is 23.2 Å². The maximum atomic E-state index is 6.32. The third-order valence-electron chi connectivity index (χ3n) is 3.73. The fourth-order valence-electron chi connectivity index (χ4n) is 2.52. The van der Waals surface area contributed by atoms with Crippen LogP contribution in [0.1, 0.15) is 38.7 Å². The molecule has 0 N–H and O–H groups in total. The smallest absolute Gasteiger partial charge is 0.0704 e. The predicted octanol–water partition coefficient (Wildman–Crippen LogP) is 5.55. The maximum absolute atomic E-state index is 6.32. The SMILES string of the molecule is CCC(/C(=N\C)c1c(Cl)cccc1Cl)=C(/C)C1CC1. The van der Waals surface area contributed by atoms with E-state index in [1.54, 1.807) is 0 Å². The van der Waals surface area contributed by atoms with Gasteiger partial charge in [-0.3, -0.25) is 4.99 Å². The van der Waals surface area contributed by atoms with E-state index in [1.165, 1.54) is 24.0 Å². The molecular weight excluding hydrogens is 277 g/mol. The van der Waals surface area contributed by atoms with E-state index in [1.807, 2.05) is 25.2 Å². The van der Waals surface area contributed by atoms with E-state index in [-0.39, 0.29) is 0 Å². The molecule has 0 radical (unpaired) electrons. The maximum Gasteiger partial charge on any atom is 0.0704 e. The summed E-state index contributed by atoms with van der Waals surface area (Å²) >= 11 is 12.6. The Morgan fingerprint density at radius 2 is 1.84 bits per heavy atom. The highest BCUT2D eigenvalue weighted by molar-refractivity contribution is 6.41. The summed E-state index contributed by atoms with van der Waals surface area (Å²) in [5, 5.41) is 1.34. The first-order valence-electron chi connectivity index (χ1n) is 6.71. The lowest BCUT2D eigenvalue weighted by molar-refractivity contribution is 0.960. The Bertz CT molecular complexity index is 519. The Morgan fingerprint density at radius 3 is 2.26 bits per heavy atom. The molecule has 0 aromatic heterocycles. The van der Waals surface area contributed by atoms with Gasteiger partial charge in [-0.05, 0) is 49.8 Å². The molecule has 0 saturated heterocycles. The second-order valence-corrected chi connectivity index (χ2v) is 5.77. The van der Waals surface area contributed by atoms with E-state index in [4.69, 9.17) is 23.2 Å². The van der Waals surface area contributed by atoms with Crippen LogP contribution in [-0.4, -0.2) is 12.8 Å². The van der Waals surface area contributed by atoms with Crippen molar-refractivity contribution in [3.05, 3.63) is 45.0 Å². The molecule has 0 bridgehead atoms. The summed E-state index contributed by atoms with van der Waals surface area (Å²) in [4.78, 5) is 4.47. The molecule has 0 aliphatic heterocycles. The van der Waals surface area contributed by atoms with E-state index < -0.39 is 0 Å². The summed E-state index contributed by atoms with van der Waals surface area (Å²) in [6.07, 6.45) is 3.54. The number of hydrogen-bond donors (Lipinski definition) is 0. The predicted molar refractivity (Wildman–Crippen MR) is 84.6 cm³/mol. The summed E-state index contributed by atoms with van der Waals surface area (Å²) in [5.74, 6) is 0.730. The van der Waals surface area contributed by atoms with Crippen LogP contribution in [0.15, 0.2) is 34.3 Å². The minimum atomic E-state index is 0.669. The zero-order valence-electron chi connectivity index (χ0n) is 11.6. The second-order valence-electron chi connectivity index (χ2n) is 4.96. The second kappa shape index (κ2) is 6.11. The lowest BCUT2D eigenvalue weighted by atomic mass is 9.94.